The Bertz CT molecular complexity index is 813. The highest BCUT2D eigenvalue weighted by Gasteiger charge is 2.16. The number of methoxy groups -OCH3 is 2. The van der Waals surface area contributed by atoms with E-state index in [1.54, 1.807) is 6.07 Å². The largest absolute Gasteiger partial charge is 0.493 e. The Morgan fingerprint density at radius 2 is 1.60 bits per heavy atom. The molecule has 0 saturated heterocycles. The summed E-state index contributed by atoms with van der Waals surface area (Å²) in [4.78, 5) is 0.109. The summed E-state index contributed by atoms with van der Waals surface area (Å²) in [5.41, 5.74) is 2.03. The molecule has 2 aromatic rings. The second-order valence-electron chi connectivity index (χ2n) is 5.48. The second kappa shape index (κ2) is 8.22. The lowest BCUT2D eigenvalue weighted by Gasteiger charge is -2.13. The Kier molecular flexibility index (Phi) is 6.27. The number of nitrogens with one attached hydrogen (secondary N) is 1. The topological polar surface area (TPSA) is 73.9 Å². The van der Waals surface area contributed by atoms with Gasteiger partial charge >= 0.3 is 0 Å². The first-order chi connectivity index (χ1) is 11.9. The number of aryl methyl sites for hydroxylation is 2. The van der Waals surface area contributed by atoms with Crippen LogP contribution in [0.25, 0.3) is 0 Å². The Hall–Kier alpha value is -2.25. The average molecular weight is 365 g/mol. The quantitative estimate of drug-likeness (QED) is 0.728. The summed E-state index contributed by atoms with van der Waals surface area (Å²) < 4.78 is 43.3. The summed E-state index contributed by atoms with van der Waals surface area (Å²) in [5, 5.41) is 0. The Labute approximate surface area is 148 Å². The van der Waals surface area contributed by atoms with Crippen LogP contribution in [-0.2, 0) is 10.0 Å². The van der Waals surface area contributed by atoms with Crippen molar-refractivity contribution < 1.29 is 22.6 Å². The van der Waals surface area contributed by atoms with Gasteiger partial charge in [-0.1, -0.05) is 18.2 Å². The van der Waals surface area contributed by atoms with Crippen molar-refractivity contribution in [2.45, 2.75) is 18.7 Å². The van der Waals surface area contributed by atoms with Gasteiger partial charge in [0.15, 0.2) is 11.5 Å². The molecule has 0 atom stereocenters. The van der Waals surface area contributed by atoms with Gasteiger partial charge < -0.3 is 14.2 Å². The fourth-order valence-corrected chi connectivity index (χ4v) is 3.45. The van der Waals surface area contributed by atoms with Gasteiger partial charge in [0.1, 0.15) is 12.4 Å². The lowest BCUT2D eigenvalue weighted by atomic mass is 10.1. The second-order valence-corrected chi connectivity index (χ2v) is 7.25. The van der Waals surface area contributed by atoms with Crippen LogP contribution >= 0.6 is 0 Å². The van der Waals surface area contributed by atoms with Gasteiger partial charge in [0.25, 0.3) is 0 Å². The first-order valence-electron chi connectivity index (χ1n) is 7.79. The van der Waals surface area contributed by atoms with Crippen molar-refractivity contribution in [1.29, 1.82) is 0 Å². The van der Waals surface area contributed by atoms with Crippen molar-refractivity contribution in [3.63, 3.8) is 0 Å². The smallest absolute Gasteiger partial charge is 0.240 e. The van der Waals surface area contributed by atoms with Crippen LogP contribution in [0.2, 0.25) is 0 Å². The summed E-state index contributed by atoms with van der Waals surface area (Å²) in [6.07, 6.45) is 0. The van der Waals surface area contributed by atoms with E-state index in [2.05, 4.69) is 4.72 Å². The Balaban J connectivity index is 2.00. The first-order valence-corrected chi connectivity index (χ1v) is 9.28. The summed E-state index contributed by atoms with van der Waals surface area (Å²) >= 11 is 0. The van der Waals surface area contributed by atoms with E-state index in [1.807, 2.05) is 32.0 Å². The molecule has 0 bridgehead atoms. The summed E-state index contributed by atoms with van der Waals surface area (Å²) in [7, 11) is -0.704. The summed E-state index contributed by atoms with van der Waals surface area (Å²) in [5.74, 6) is 1.62. The van der Waals surface area contributed by atoms with Crippen LogP contribution in [0.15, 0.2) is 41.3 Å². The maximum absolute atomic E-state index is 12.4. The Morgan fingerprint density at radius 1 is 0.960 bits per heavy atom. The minimum atomic E-state index is -3.66. The molecule has 0 spiro atoms. The van der Waals surface area contributed by atoms with Gasteiger partial charge in [-0.2, -0.15) is 0 Å². The lowest BCUT2D eigenvalue weighted by molar-refractivity contribution is 0.318. The van der Waals surface area contributed by atoms with E-state index in [0.717, 1.165) is 16.9 Å². The van der Waals surface area contributed by atoms with Gasteiger partial charge in [-0.25, -0.2) is 13.1 Å². The number of sulfonamides is 1. The van der Waals surface area contributed by atoms with Gasteiger partial charge in [-0.05, 0) is 37.1 Å². The standard InChI is InChI=1S/C18H23NO5S/c1-13-6-5-7-14(2)18(13)24-11-10-19-25(20,21)15-8-9-16(22-3)17(12-15)23-4/h5-9,12,19H,10-11H2,1-4H3. The van der Waals surface area contributed by atoms with Crippen LogP contribution in [0.3, 0.4) is 0 Å². The van der Waals surface area contributed by atoms with Crippen molar-refractivity contribution in [2.75, 3.05) is 27.4 Å². The SMILES string of the molecule is COc1ccc(S(=O)(=O)NCCOc2c(C)cccc2C)cc1OC. The zero-order valence-corrected chi connectivity index (χ0v) is 15.6. The highest BCUT2D eigenvalue weighted by Crippen LogP contribution is 2.29. The van der Waals surface area contributed by atoms with E-state index in [1.165, 1.54) is 26.4 Å². The molecule has 0 amide bonds. The van der Waals surface area contributed by atoms with Gasteiger partial charge in [0.05, 0.1) is 19.1 Å². The highest BCUT2D eigenvalue weighted by molar-refractivity contribution is 7.89. The molecule has 0 saturated carbocycles. The molecule has 0 aliphatic heterocycles. The summed E-state index contributed by atoms with van der Waals surface area (Å²) in [6.45, 7) is 4.30. The van der Waals surface area contributed by atoms with E-state index in [4.69, 9.17) is 14.2 Å². The summed E-state index contributed by atoms with van der Waals surface area (Å²) in [6, 6.07) is 10.3. The third kappa shape index (κ3) is 4.64. The van der Waals surface area contributed by atoms with E-state index in [9.17, 15) is 8.42 Å². The average Bonchev–Trinajstić information content (AvgIpc) is 2.60. The fraction of sp³-hybridized carbons (Fsp3) is 0.333. The molecule has 1 N–H and O–H groups in total. The maximum atomic E-state index is 12.4. The maximum Gasteiger partial charge on any atom is 0.240 e. The monoisotopic (exact) mass is 365 g/mol. The van der Waals surface area contributed by atoms with Crippen LogP contribution in [-0.4, -0.2) is 35.8 Å². The zero-order chi connectivity index (χ0) is 18.4. The number of para-hydroxylation sites is 1. The van der Waals surface area contributed by atoms with E-state index < -0.39 is 10.0 Å². The number of rotatable bonds is 8. The highest BCUT2D eigenvalue weighted by atomic mass is 32.2. The number of benzene rings is 2. The number of hydrogen-bond donors (Lipinski definition) is 1. The third-order valence-corrected chi connectivity index (χ3v) is 5.17. The molecule has 0 aromatic heterocycles. The molecule has 0 aliphatic carbocycles. The predicted octanol–water partition coefficient (Wildman–Crippen LogP) is 2.68. The van der Waals surface area contributed by atoms with Crippen LogP contribution in [0.1, 0.15) is 11.1 Å². The number of hydrogen-bond acceptors (Lipinski definition) is 5. The first kappa shape index (κ1) is 19.1. The van der Waals surface area contributed by atoms with E-state index in [-0.39, 0.29) is 18.0 Å². The molecule has 0 unspecified atom stereocenters. The molecule has 0 heterocycles. The third-order valence-electron chi connectivity index (χ3n) is 3.71. The van der Waals surface area contributed by atoms with E-state index in [0.29, 0.717) is 11.5 Å². The van der Waals surface area contributed by atoms with Crippen molar-refractivity contribution in [3.8, 4) is 17.2 Å². The minimum absolute atomic E-state index is 0.109. The van der Waals surface area contributed by atoms with Gasteiger partial charge in [0.2, 0.25) is 10.0 Å². The lowest BCUT2D eigenvalue weighted by Crippen LogP contribution is -2.28. The van der Waals surface area contributed by atoms with Crippen molar-refractivity contribution in [3.05, 3.63) is 47.5 Å². The predicted molar refractivity (Wildman–Crippen MR) is 96.1 cm³/mol. The van der Waals surface area contributed by atoms with Gasteiger partial charge in [0, 0.05) is 12.6 Å². The molecular weight excluding hydrogens is 342 g/mol. The van der Waals surface area contributed by atoms with Crippen LogP contribution in [0.5, 0.6) is 17.2 Å². The molecule has 136 valence electrons. The van der Waals surface area contributed by atoms with Gasteiger partial charge in [-0.3, -0.25) is 0 Å². The van der Waals surface area contributed by atoms with Crippen molar-refractivity contribution >= 4 is 10.0 Å². The zero-order valence-electron chi connectivity index (χ0n) is 14.8. The van der Waals surface area contributed by atoms with E-state index >= 15 is 0 Å². The van der Waals surface area contributed by atoms with Crippen molar-refractivity contribution in [1.82, 2.24) is 4.72 Å². The molecular formula is C18H23NO5S. The molecule has 6 nitrogen and oxygen atoms in total. The van der Waals surface area contributed by atoms with Gasteiger partial charge in [-0.15, -0.1) is 0 Å². The molecule has 25 heavy (non-hydrogen) atoms. The van der Waals surface area contributed by atoms with Crippen LogP contribution < -0.4 is 18.9 Å². The molecule has 0 fully saturated rings. The molecule has 0 radical (unpaired) electrons. The Morgan fingerprint density at radius 3 is 2.20 bits per heavy atom. The van der Waals surface area contributed by atoms with Crippen LogP contribution in [0.4, 0.5) is 0 Å². The normalized spacial score (nSPS) is 11.2. The minimum Gasteiger partial charge on any atom is -0.493 e. The molecule has 7 heteroatoms. The molecule has 0 aliphatic rings. The molecule has 2 aromatic carbocycles. The molecule has 2 rings (SSSR count). The number of ether oxygens (including phenoxy) is 3. The fourth-order valence-electron chi connectivity index (χ4n) is 2.42. The van der Waals surface area contributed by atoms with Crippen molar-refractivity contribution in [2.24, 2.45) is 0 Å². The van der Waals surface area contributed by atoms with Crippen LogP contribution in [0, 0.1) is 13.8 Å².